The zero-order valence-corrected chi connectivity index (χ0v) is 14.9. The van der Waals surface area contributed by atoms with E-state index in [1.807, 2.05) is 24.3 Å². The van der Waals surface area contributed by atoms with Gasteiger partial charge < -0.3 is 20.3 Å². The van der Waals surface area contributed by atoms with Crippen molar-refractivity contribution < 1.29 is 9.53 Å². The van der Waals surface area contributed by atoms with Gasteiger partial charge in [-0.25, -0.2) is 4.99 Å². The van der Waals surface area contributed by atoms with E-state index in [0.29, 0.717) is 18.3 Å². The number of hydrogen-bond donors (Lipinski definition) is 1. The van der Waals surface area contributed by atoms with Gasteiger partial charge in [-0.15, -0.1) is 0 Å². The van der Waals surface area contributed by atoms with Crippen LogP contribution >= 0.6 is 0 Å². The number of benzene rings is 1. The summed E-state index contributed by atoms with van der Waals surface area (Å²) in [5.74, 6) is 1.98. The number of rotatable bonds is 5. The maximum absolute atomic E-state index is 11.6. The van der Waals surface area contributed by atoms with Crippen LogP contribution in [0.1, 0.15) is 25.3 Å². The number of ether oxygens (including phenoxy) is 1. The molecule has 0 spiro atoms. The molecule has 0 aliphatic carbocycles. The average molecular weight is 332 g/mol. The summed E-state index contributed by atoms with van der Waals surface area (Å²) in [5.41, 5.74) is 7.12. The van der Waals surface area contributed by atoms with Gasteiger partial charge in [-0.2, -0.15) is 0 Å². The Hall–Kier alpha value is -2.24. The van der Waals surface area contributed by atoms with Gasteiger partial charge in [-0.1, -0.05) is 19.1 Å². The number of nitrogens with zero attached hydrogens (tertiary/aromatic N) is 3. The molecule has 24 heavy (non-hydrogen) atoms. The molecule has 132 valence electrons. The molecule has 2 rings (SSSR count). The number of likely N-dealkylation sites (tertiary alicyclic amines) is 1. The van der Waals surface area contributed by atoms with Crippen LogP contribution in [0.15, 0.2) is 29.3 Å². The molecule has 1 aromatic carbocycles. The first-order chi connectivity index (χ1) is 11.5. The molecule has 1 saturated heterocycles. The van der Waals surface area contributed by atoms with Gasteiger partial charge in [0.1, 0.15) is 5.75 Å². The van der Waals surface area contributed by atoms with Crippen molar-refractivity contribution in [2.75, 3.05) is 33.8 Å². The summed E-state index contributed by atoms with van der Waals surface area (Å²) in [4.78, 5) is 19.7. The van der Waals surface area contributed by atoms with Crippen LogP contribution in [0.4, 0.5) is 0 Å². The lowest BCUT2D eigenvalue weighted by atomic mass is 10.00. The summed E-state index contributed by atoms with van der Waals surface area (Å²) in [6.07, 6.45) is 2.33. The van der Waals surface area contributed by atoms with E-state index in [4.69, 9.17) is 10.5 Å². The quantitative estimate of drug-likeness (QED) is 0.658. The SMILES string of the molecule is CC1CCN(C(N)=NCc2cccc(OCC(=O)N(C)C)c2)CC1. The van der Waals surface area contributed by atoms with E-state index in [2.05, 4.69) is 16.8 Å². The highest BCUT2D eigenvalue weighted by Gasteiger charge is 2.16. The van der Waals surface area contributed by atoms with Gasteiger partial charge in [0.2, 0.25) is 0 Å². The number of aliphatic imine (C=N–C) groups is 1. The number of carbonyl (C=O) groups excluding carboxylic acids is 1. The van der Waals surface area contributed by atoms with Gasteiger partial charge in [-0.05, 0) is 36.5 Å². The van der Waals surface area contributed by atoms with E-state index in [-0.39, 0.29) is 12.5 Å². The molecule has 0 unspecified atom stereocenters. The molecule has 1 aliphatic rings. The Morgan fingerprint density at radius 1 is 1.38 bits per heavy atom. The van der Waals surface area contributed by atoms with Crippen molar-refractivity contribution in [2.45, 2.75) is 26.3 Å². The van der Waals surface area contributed by atoms with Crippen LogP contribution in [-0.4, -0.2) is 55.5 Å². The van der Waals surface area contributed by atoms with Gasteiger partial charge in [0.15, 0.2) is 12.6 Å². The molecule has 6 heteroatoms. The van der Waals surface area contributed by atoms with E-state index in [1.165, 1.54) is 17.7 Å². The van der Waals surface area contributed by atoms with Crippen LogP contribution in [0.3, 0.4) is 0 Å². The number of likely N-dealkylation sites (N-methyl/N-ethyl adjacent to an activating group) is 1. The van der Waals surface area contributed by atoms with Crippen molar-refractivity contribution in [2.24, 2.45) is 16.6 Å². The van der Waals surface area contributed by atoms with E-state index in [9.17, 15) is 4.79 Å². The van der Waals surface area contributed by atoms with Crippen molar-refractivity contribution in [1.29, 1.82) is 0 Å². The first kappa shape index (κ1) is 18.1. The van der Waals surface area contributed by atoms with Crippen LogP contribution in [0.25, 0.3) is 0 Å². The largest absolute Gasteiger partial charge is 0.484 e. The number of piperidine rings is 1. The molecule has 0 saturated carbocycles. The van der Waals surface area contributed by atoms with Gasteiger partial charge in [0, 0.05) is 27.2 Å². The Bertz CT molecular complexity index is 578. The van der Waals surface area contributed by atoms with E-state index < -0.39 is 0 Å². The minimum Gasteiger partial charge on any atom is -0.484 e. The molecule has 1 aliphatic heterocycles. The molecular formula is C18H28N4O2. The molecule has 0 bridgehead atoms. The Kier molecular flexibility index (Phi) is 6.46. The van der Waals surface area contributed by atoms with Crippen molar-refractivity contribution in [3.8, 4) is 5.75 Å². The first-order valence-electron chi connectivity index (χ1n) is 8.42. The van der Waals surface area contributed by atoms with Gasteiger partial charge >= 0.3 is 0 Å². The van der Waals surface area contributed by atoms with Gasteiger partial charge in [0.25, 0.3) is 5.91 Å². The van der Waals surface area contributed by atoms with Crippen LogP contribution in [0, 0.1) is 5.92 Å². The lowest BCUT2D eigenvalue weighted by molar-refractivity contribution is -0.130. The Morgan fingerprint density at radius 2 is 2.08 bits per heavy atom. The summed E-state index contributed by atoms with van der Waals surface area (Å²) in [6, 6.07) is 7.62. The fraction of sp³-hybridized carbons (Fsp3) is 0.556. The highest BCUT2D eigenvalue weighted by molar-refractivity contribution is 5.78. The minimum absolute atomic E-state index is 0.0355. The second-order valence-corrected chi connectivity index (χ2v) is 6.57. The summed E-state index contributed by atoms with van der Waals surface area (Å²) in [7, 11) is 3.42. The highest BCUT2D eigenvalue weighted by atomic mass is 16.5. The Labute approximate surface area is 144 Å². The maximum Gasteiger partial charge on any atom is 0.259 e. The lowest BCUT2D eigenvalue weighted by Gasteiger charge is -2.31. The van der Waals surface area contributed by atoms with Crippen molar-refractivity contribution >= 4 is 11.9 Å². The molecule has 2 N–H and O–H groups in total. The second-order valence-electron chi connectivity index (χ2n) is 6.57. The van der Waals surface area contributed by atoms with E-state index >= 15 is 0 Å². The van der Waals surface area contributed by atoms with Crippen LogP contribution in [0.5, 0.6) is 5.75 Å². The normalized spacial score (nSPS) is 16.1. The first-order valence-corrected chi connectivity index (χ1v) is 8.42. The predicted octanol–water partition coefficient (Wildman–Crippen LogP) is 1.70. The lowest BCUT2D eigenvalue weighted by Crippen LogP contribution is -2.42. The zero-order valence-electron chi connectivity index (χ0n) is 14.9. The standard InChI is InChI=1S/C18H28N4O2/c1-14-7-9-22(10-8-14)18(19)20-12-15-5-4-6-16(11-15)24-13-17(23)21(2)3/h4-6,11,14H,7-10,12-13H2,1-3H3,(H2,19,20). The fourth-order valence-electron chi connectivity index (χ4n) is 2.52. The Morgan fingerprint density at radius 3 is 2.75 bits per heavy atom. The molecule has 1 fully saturated rings. The fourth-order valence-corrected chi connectivity index (χ4v) is 2.52. The molecule has 1 heterocycles. The molecule has 6 nitrogen and oxygen atoms in total. The molecule has 1 amide bonds. The van der Waals surface area contributed by atoms with Gasteiger partial charge in [-0.3, -0.25) is 4.79 Å². The topological polar surface area (TPSA) is 71.2 Å². The molecular weight excluding hydrogens is 304 g/mol. The van der Waals surface area contributed by atoms with Crippen molar-refractivity contribution in [3.63, 3.8) is 0 Å². The van der Waals surface area contributed by atoms with Crippen molar-refractivity contribution in [1.82, 2.24) is 9.80 Å². The zero-order chi connectivity index (χ0) is 17.5. The van der Waals surface area contributed by atoms with E-state index in [1.54, 1.807) is 14.1 Å². The second kappa shape index (κ2) is 8.57. The summed E-state index contributed by atoms with van der Waals surface area (Å²) in [6.45, 7) is 4.78. The van der Waals surface area contributed by atoms with Crippen LogP contribution in [-0.2, 0) is 11.3 Å². The summed E-state index contributed by atoms with van der Waals surface area (Å²) < 4.78 is 5.52. The maximum atomic E-state index is 11.6. The average Bonchev–Trinajstić information content (AvgIpc) is 2.58. The van der Waals surface area contributed by atoms with Gasteiger partial charge in [0.05, 0.1) is 6.54 Å². The third-order valence-electron chi connectivity index (χ3n) is 4.29. The van der Waals surface area contributed by atoms with Crippen LogP contribution < -0.4 is 10.5 Å². The summed E-state index contributed by atoms with van der Waals surface area (Å²) >= 11 is 0. The third-order valence-corrected chi connectivity index (χ3v) is 4.29. The smallest absolute Gasteiger partial charge is 0.259 e. The monoisotopic (exact) mass is 332 g/mol. The number of carbonyl (C=O) groups is 1. The highest BCUT2D eigenvalue weighted by Crippen LogP contribution is 2.17. The summed E-state index contributed by atoms with van der Waals surface area (Å²) in [5, 5.41) is 0. The number of guanidine groups is 1. The third kappa shape index (κ3) is 5.44. The Balaban J connectivity index is 1.89. The number of amides is 1. The van der Waals surface area contributed by atoms with Crippen molar-refractivity contribution in [3.05, 3.63) is 29.8 Å². The van der Waals surface area contributed by atoms with E-state index in [0.717, 1.165) is 24.6 Å². The minimum atomic E-state index is -0.0676. The molecule has 0 atom stereocenters. The molecule has 0 radical (unpaired) electrons. The number of hydrogen-bond acceptors (Lipinski definition) is 3. The number of nitrogens with two attached hydrogens (primary N) is 1. The molecule has 1 aromatic rings. The molecule has 0 aromatic heterocycles. The van der Waals surface area contributed by atoms with Crippen LogP contribution in [0.2, 0.25) is 0 Å². The predicted molar refractivity (Wildman–Crippen MR) is 95.9 cm³/mol.